The maximum atomic E-state index is 5.51. The summed E-state index contributed by atoms with van der Waals surface area (Å²) in [6.07, 6.45) is 5.66. The van der Waals surface area contributed by atoms with Gasteiger partial charge >= 0.3 is 0 Å². The molecule has 3 rings (SSSR count). The second-order valence-electron chi connectivity index (χ2n) is 7.19. The van der Waals surface area contributed by atoms with Crippen molar-refractivity contribution in [3.63, 3.8) is 0 Å². The van der Waals surface area contributed by atoms with Crippen molar-refractivity contribution in [3.8, 4) is 5.75 Å². The Balaban J connectivity index is 1.54. The molecule has 0 unspecified atom stereocenters. The maximum Gasteiger partial charge on any atom is 0.123 e. The van der Waals surface area contributed by atoms with E-state index in [0.29, 0.717) is 0 Å². The van der Waals surface area contributed by atoms with Crippen LogP contribution in [0.3, 0.4) is 0 Å². The largest absolute Gasteiger partial charge is 0.496 e. The standard InChI is InChI=1S/C19H29BrN2O/c1-15-4-3-5-18(12-15)22-10-8-21(9-11-22)14-16-13-17(20)6-7-19(16)23-2/h6-7,13,15,18H,3-5,8-12,14H2,1-2H3/t15-,18+/m0/s1. The highest BCUT2D eigenvalue weighted by molar-refractivity contribution is 9.10. The van der Waals surface area contributed by atoms with Crippen molar-refractivity contribution < 1.29 is 4.74 Å². The fourth-order valence-electron chi connectivity index (χ4n) is 4.13. The fraction of sp³-hybridized carbons (Fsp3) is 0.684. The molecule has 23 heavy (non-hydrogen) atoms. The summed E-state index contributed by atoms with van der Waals surface area (Å²) in [5.41, 5.74) is 1.28. The van der Waals surface area contributed by atoms with Gasteiger partial charge in [0.05, 0.1) is 7.11 Å². The van der Waals surface area contributed by atoms with Gasteiger partial charge in [-0.05, 0) is 37.0 Å². The first-order valence-corrected chi connectivity index (χ1v) is 9.74. The van der Waals surface area contributed by atoms with E-state index in [4.69, 9.17) is 4.74 Å². The van der Waals surface area contributed by atoms with Crippen LogP contribution in [0, 0.1) is 5.92 Å². The van der Waals surface area contributed by atoms with Crippen LogP contribution in [0.25, 0.3) is 0 Å². The minimum Gasteiger partial charge on any atom is -0.496 e. The molecule has 1 aliphatic heterocycles. The van der Waals surface area contributed by atoms with Crippen molar-refractivity contribution in [1.82, 2.24) is 9.80 Å². The molecule has 1 saturated carbocycles. The molecule has 0 N–H and O–H groups in total. The third kappa shape index (κ3) is 4.49. The van der Waals surface area contributed by atoms with E-state index >= 15 is 0 Å². The van der Waals surface area contributed by atoms with Crippen LogP contribution in [0.2, 0.25) is 0 Å². The molecule has 2 atom stereocenters. The Bertz CT molecular complexity index is 514. The molecule has 0 aromatic heterocycles. The van der Waals surface area contributed by atoms with Gasteiger partial charge in [-0.2, -0.15) is 0 Å². The summed E-state index contributed by atoms with van der Waals surface area (Å²) in [6, 6.07) is 7.12. The molecule has 1 saturated heterocycles. The summed E-state index contributed by atoms with van der Waals surface area (Å²) in [5.74, 6) is 1.91. The highest BCUT2D eigenvalue weighted by Gasteiger charge is 2.27. The van der Waals surface area contributed by atoms with Crippen LogP contribution in [0.15, 0.2) is 22.7 Å². The van der Waals surface area contributed by atoms with E-state index in [1.54, 1.807) is 7.11 Å². The summed E-state index contributed by atoms with van der Waals surface area (Å²) >= 11 is 3.58. The van der Waals surface area contributed by atoms with Gasteiger partial charge < -0.3 is 4.74 Å². The highest BCUT2D eigenvalue weighted by atomic mass is 79.9. The van der Waals surface area contributed by atoms with Crippen molar-refractivity contribution in [3.05, 3.63) is 28.2 Å². The van der Waals surface area contributed by atoms with Gasteiger partial charge in [0.2, 0.25) is 0 Å². The zero-order chi connectivity index (χ0) is 16.2. The number of piperazine rings is 1. The quantitative estimate of drug-likeness (QED) is 0.779. The third-order valence-corrected chi connectivity index (χ3v) is 5.96. The number of halogens is 1. The second kappa shape index (κ2) is 8.00. The first-order valence-electron chi connectivity index (χ1n) is 8.94. The summed E-state index contributed by atoms with van der Waals surface area (Å²) in [4.78, 5) is 5.30. The van der Waals surface area contributed by atoms with Crippen molar-refractivity contribution in [2.24, 2.45) is 5.92 Å². The number of nitrogens with zero attached hydrogens (tertiary/aromatic N) is 2. The van der Waals surface area contributed by atoms with Crippen LogP contribution in [-0.2, 0) is 6.54 Å². The molecule has 1 aliphatic carbocycles. The minimum absolute atomic E-state index is 0.835. The molecule has 2 fully saturated rings. The van der Waals surface area contributed by atoms with Crippen LogP contribution in [0.1, 0.15) is 38.2 Å². The molecule has 2 aliphatic rings. The van der Waals surface area contributed by atoms with Crippen LogP contribution in [0.5, 0.6) is 5.75 Å². The summed E-state index contributed by atoms with van der Waals surface area (Å²) in [7, 11) is 1.76. The summed E-state index contributed by atoms with van der Waals surface area (Å²) in [6.45, 7) is 8.17. The summed E-state index contributed by atoms with van der Waals surface area (Å²) in [5, 5.41) is 0. The van der Waals surface area contributed by atoms with E-state index in [9.17, 15) is 0 Å². The minimum atomic E-state index is 0.835. The first kappa shape index (κ1) is 17.2. The van der Waals surface area contributed by atoms with Gasteiger partial charge in [-0.1, -0.05) is 35.7 Å². The number of rotatable bonds is 4. The zero-order valence-electron chi connectivity index (χ0n) is 14.4. The third-order valence-electron chi connectivity index (χ3n) is 5.47. The smallest absolute Gasteiger partial charge is 0.123 e. The lowest BCUT2D eigenvalue weighted by Crippen LogP contribution is -2.50. The molecule has 0 bridgehead atoms. The predicted octanol–water partition coefficient (Wildman–Crippen LogP) is 4.15. The second-order valence-corrected chi connectivity index (χ2v) is 8.11. The molecular weight excluding hydrogens is 352 g/mol. The number of benzene rings is 1. The van der Waals surface area contributed by atoms with E-state index in [1.165, 1.54) is 57.4 Å². The topological polar surface area (TPSA) is 15.7 Å². The Morgan fingerprint density at radius 1 is 1.17 bits per heavy atom. The van der Waals surface area contributed by atoms with E-state index in [1.807, 2.05) is 6.07 Å². The van der Waals surface area contributed by atoms with Crippen LogP contribution in [0.4, 0.5) is 0 Å². The van der Waals surface area contributed by atoms with Crippen molar-refractivity contribution in [1.29, 1.82) is 0 Å². The molecule has 3 nitrogen and oxygen atoms in total. The number of hydrogen-bond donors (Lipinski definition) is 0. The fourth-order valence-corrected chi connectivity index (χ4v) is 4.54. The van der Waals surface area contributed by atoms with Crippen LogP contribution >= 0.6 is 15.9 Å². The van der Waals surface area contributed by atoms with E-state index < -0.39 is 0 Å². The lowest BCUT2D eigenvalue weighted by molar-refractivity contribution is 0.0656. The number of ether oxygens (including phenoxy) is 1. The SMILES string of the molecule is COc1ccc(Br)cc1CN1CCN([C@@H]2CCC[C@H](C)C2)CC1. The van der Waals surface area contributed by atoms with Gasteiger partial charge in [0, 0.05) is 48.8 Å². The highest BCUT2D eigenvalue weighted by Crippen LogP contribution is 2.29. The molecule has 0 amide bonds. The Hall–Kier alpha value is -0.580. The number of methoxy groups -OCH3 is 1. The summed E-state index contributed by atoms with van der Waals surface area (Å²) < 4.78 is 6.64. The normalized spacial score (nSPS) is 27.1. The van der Waals surface area contributed by atoms with Gasteiger partial charge in [0.1, 0.15) is 5.75 Å². The maximum absolute atomic E-state index is 5.51. The van der Waals surface area contributed by atoms with E-state index in [0.717, 1.165) is 28.7 Å². The van der Waals surface area contributed by atoms with Crippen LogP contribution < -0.4 is 4.74 Å². The molecule has 4 heteroatoms. The predicted molar refractivity (Wildman–Crippen MR) is 99.0 cm³/mol. The zero-order valence-corrected chi connectivity index (χ0v) is 16.0. The van der Waals surface area contributed by atoms with Crippen molar-refractivity contribution in [2.45, 2.75) is 45.2 Å². The molecule has 0 spiro atoms. The molecule has 0 radical (unpaired) electrons. The van der Waals surface area contributed by atoms with Gasteiger partial charge in [-0.25, -0.2) is 0 Å². The molecule has 128 valence electrons. The Kier molecular flexibility index (Phi) is 6.00. The molecule has 1 aromatic carbocycles. The first-order chi connectivity index (χ1) is 11.2. The van der Waals surface area contributed by atoms with E-state index in [-0.39, 0.29) is 0 Å². The average molecular weight is 381 g/mol. The van der Waals surface area contributed by atoms with Gasteiger partial charge in [0.15, 0.2) is 0 Å². The Morgan fingerprint density at radius 2 is 1.96 bits per heavy atom. The Morgan fingerprint density at radius 3 is 2.65 bits per heavy atom. The van der Waals surface area contributed by atoms with Gasteiger partial charge in [0.25, 0.3) is 0 Å². The Labute approximate surface area is 149 Å². The molecular formula is C19H29BrN2O. The lowest BCUT2D eigenvalue weighted by atomic mass is 9.86. The van der Waals surface area contributed by atoms with Gasteiger partial charge in [-0.3, -0.25) is 9.80 Å². The molecule has 1 aromatic rings. The van der Waals surface area contributed by atoms with Crippen molar-refractivity contribution >= 4 is 15.9 Å². The average Bonchev–Trinajstić information content (AvgIpc) is 2.56. The molecule has 1 heterocycles. The van der Waals surface area contributed by atoms with Crippen LogP contribution in [-0.4, -0.2) is 49.1 Å². The lowest BCUT2D eigenvalue weighted by Gasteiger charge is -2.42. The van der Waals surface area contributed by atoms with E-state index in [2.05, 4.69) is 44.8 Å². The van der Waals surface area contributed by atoms with Crippen molar-refractivity contribution in [2.75, 3.05) is 33.3 Å². The monoisotopic (exact) mass is 380 g/mol. The van der Waals surface area contributed by atoms with Gasteiger partial charge in [-0.15, -0.1) is 0 Å². The number of hydrogen-bond acceptors (Lipinski definition) is 3.